The normalized spacial score (nSPS) is 10.7. The summed E-state index contributed by atoms with van der Waals surface area (Å²) in [5.74, 6) is 0.386. The molecule has 19 heavy (non-hydrogen) atoms. The Morgan fingerprint density at radius 3 is 2.58 bits per heavy atom. The van der Waals surface area contributed by atoms with E-state index < -0.39 is 4.92 Å². The van der Waals surface area contributed by atoms with Crippen LogP contribution in [0.2, 0.25) is 0 Å². The molecule has 1 aromatic carbocycles. The number of carbonyl (C=O) groups excluding carboxylic acids is 1. The third-order valence-corrected chi connectivity index (χ3v) is 3.04. The van der Waals surface area contributed by atoms with Gasteiger partial charge in [-0.05, 0) is 13.0 Å². The number of fused-ring (bicyclic) bond motifs is 1. The molecule has 7 nitrogen and oxygen atoms in total. The molecule has 1 amide bonds. The van der Waals surface area contributed by atoms with Crippen LogP contribution in [-0.4, -0.2) is 39.4 Å². The molecular formula is C12H14N4O3. The van der Waals surface area contributed by atoms with Crippen LogP contribution < -0.4 is 0 Å². The number of imidazole rings is 1. The third kappa shape index (κ3) is 2.03. The van der Waals surface area contributed by atoms with Gasteiger partial charge in [-0.2, -0.15) is 0 Å². The molecule has 0 atom stereocenters. The summed E-state index contributed by atoms with van der Waals surface area (Å²) in [5, 5.41) is 11.1. The number of nitro benzene ring substituents is 1. The number of aromatic nitrogens is 2. The van der Waals surface area contributed by atoms with E-state index in [2.05, 4.69) is 4.98 Å². The van der Waals surface area contributed by atoms with E-state index in [1.54, 1.807) is 38.7 Å². The number of hydrogen-bond acceptors (Lipinski definition) is 4. The van der Waals surface area contributed by atoms with Crippen molar-refractivity contribution in [3.05, 3.63) is 33.6 Å². The first-order valence-corrected chi connectivity index (χ1v) is 5.66. The monoisotopic (exact) mass is 262 g/mol. The minimum absolute atomic E-state index is 0.147. The molecule has 0 saturated heterocycles. The van der Waals surface area contributed by atoms with E-state index in [-0.39, 0.29) is 17.2 Å². The van der Waals surface area contributed by atoms with E-state index in [0.717, 1.165) is 0 Å². The highest BCUT2D eigenvalue weighted by molar-refractivity contribution is 6.00. The zero-order valence-electron chi connectivity index (χ0n) is 11.2. The summed E-state index contributed by atoms with van der Waals surface area (Å²) in [7, 11) is 4.97. The van der Waals surface area contributed by atoms with Gasteiger partial charge in [0.1, 0.15) is 5.82 Å². The maximum atomic E-state index is 12.0. The summed E-state index contributed by atoms with van der Waals surface area (Å²) in [6.45, 7) is 1.76. The molecule has 7 heteroatoms. The van der Waals surface area contributed by atoms with Crippen LogP contribution >= 0.6 is 0 Å². The summed E-state index contributed by atoms with van der Waals surface area (Å²) in [4.78, 5) is 28.1. The second-order valence-corrected chi connectivity index (χ2v) is 4.54. The van der Waals surface area contributed by atoms with Gasteiger partial charge in [0.2, 0.25) is 0 Å². The van der Waals surface area contributed by atoms with Gasteiger partial charge in [-0.3, -0.25) is 14.9 Å². The predicted octanol–water partition coefficient (Wildman–Crippen LogP) is 1.49. The molecule has 2 rings (SSSR count). The Morgan fingerprint density at radius 1 is 1.42 bits per heavy atom. The number of hydrogen-bond donors (Lipinski definition) is 0. The van der Waals surface area contributed by atoms with Crippen molar-refractivity contribution >= 4 is 22.6 Å². The van der Waals surface area contributed by atoms with E-state index in [1.165, 1.54) is 11.0 Å². The first-order valence-electron chi connectivity index (χ1n) is 5.66. The number of nitrogens with zero attached hydrogens (tertiary/aromatic N) is 4. The summed E-state index contributed by atoms with van der Waals surface area (Å²) in [6.07, 6.45) is 0. The standard InChI is InChI=1S/C12H14N4O3/c1-7-13-11-9(15(7)4)5-8(12(17)14(2)3)6-10(11)16(18)19/h5-6H,1-4H3. The van der Waals surface area contributed by atoms with E-state index in [4.69, 9.17) is 0 Å². The zero-order valence-corrected chi connectivity index (χ0v) is 11.2. The number of carbonyl (C=O) groups is 1. The topological polar surface area (TPSA) is 81.3 Å². The van der Waals surface area contributed by atoms with Crippen molar-refractivity contribution in [2.75, 3.05) is 14.1 Å². The average molecular weight is 262 g/mol. The highest BCUT2D eigenvalue weighted by Crippen LogP contribution is 2.27. The number of nitro groups is 1. The van der Waals surface area contributed by atoms with E-state index in [9.17, 15) is 14.9 Å². The second kappa shape index (κ2) is 4.34. The Kier molecular flexibility index (Phi) is 2.97. The van der Waals surface area contributed by atoms with Crippen LogP contribution in [0, 0.1) is 17.0 Å². The molecular weight excluding hydrogens is 248 g/mol. The first kappa shape index (κ1) is 13.0. The lowest BCUT2D eigenvalue weighted by molar-refractivity contribution is -0.383. The SMILES string of the molecule is Cc1nc2c([N+](=O)[O-])cc(C(=O)N(C)C)cc2n1C. The van der Waals surface area contributed by atoms with Crippen molar-refractivity contribution in [3.63, 3.8) is 0 Å². The molecule has 1 heterocycles. The molecule has 0 aliphatic heterocycles. The summed E-state index contributed by atoms with van der Waals surface area (Å²) < 4.78 is 1.73. The quantitative estimate of drug-likeness (QED) is 0.606. The molecule has 0 N–H and O–H groups in total. The number of benzene rings is 1. The van der Waals surface area contributed by atoms with Gasteiger partial charge in [0, 0.05) is 32.8 Å². The Morgan fingerprint density at radius 2 is 2.05 bits per heavy atom. The van der Waals surface area contributed by atoms with Crippen molar-refractivity contribution in [1.82, 2.24) is 14.5 Å². The molecule has 0 unspecified atom stereocenters. The summed E-state index contributed by atoms with van der Waals surface area (Å²) in [6, 6.07) is 2.90. The maximum absolute atomic E-state index is 12.0. The van der Waals surface area contributed by atoms with Gasteiger partial charge in [-0.15, -0.1) is 0 Å². The van der Waals surface area contributed by atoms with Gasteiger partial charge in [0.25, 0.3) is 11.6 Å². The van der Waals surface area contributed by atoms with Gasteiger partial charge in [0.15, 0.2) is 5.52 Å². The molecule has 0 radical (unpaired) electrons. The highest BCUT2D eigenvalue weighted by atomic mass is 16.6. The Balaban J connectivity index is 2.80. The van der Waals surface area contributed by atoms with Gasteiger partial charge >= 0.3 is 0 Å². The van der Waals surface area contributed by atoms with E-state index in [1.807, 2.05) is 0 Å². The van der Waals surface area contributed by atoms with Crippen molar-refractivity contribution in [2.24, 2.45) is 7.05 Å². The van der Waals surface area contributed by atoms with Crippen LogP contribution in [0.3, 0.4) is 0 Å². The smallest absolute Gasteiger partial charge is 0.297 e. The largest absolute Gasteiger partial charge is 0.345 e. The number of aryl methyl sites for hydroxylation is 2. The zero-order chi connectivity index (χ0) is 14.3. The van der Waals surface area contributed by atoms with Crippen LogP contribution in [0.25, 0.3) is 11.0 Å². The molecule has 0 aliphatic rings. The van der Waals surface area contributed by atoms with Crippen LogP contribution in [0.1, 0.15) is 16.2 Å². The minimum Gasteiger partial charge on any atom is -0.345 e. The van der Waals surface area contributed by atoms with Crippen molar-refractivity contribution in [3.8, 4) is 0 Å². The van der Waals surface area contributed by atoms with Crippen LogP contribution in [0.4, 0.5) is 5.69 Å². The lowest BCUT2D eigenvalue weighted by Crippen LogP contribution is -2.21. The second-order valence-electron chi connectivity index (χ2n) is 4.54. The Labute approximate surface area is 109 Å². The molecule has 2 aromatic rings. The van der Waals surface area contributed by atoms with Crippen LogP contribution in [-0.2, 0) is 7.05 Å². The minimum atomic E-state index is -0.513. The number of rotatable bonds is 2. The molecule has 0 saturated carbocycles. The molecule has 0 aliphatic carbocycles. The highest BCUT2D eigenvalue weighted by Gasteiger charge is 2.22. The molecule has 0 fully saturated rings. The van der Waals surface area contributed by atoms with Gasteiger partial charge < -0.3 is 9.47 Å². The van der Waals surface area contributed by atoms with Crippen molar-refractivity contribution in [2.45, 2.75) is 6.92 Å². The van der Waals surface area contributed by atoms with E-state index in [0.29, 0.717) is 16.9 Å². The first-order chi connectivity index (χ1) is 8.82. The molecule has 0 spiro atoms. The number of non-ortho nitro benzene ring substituents is 1. The van der Waals surface area contributed by atoms with Crippen molar-refractivity contribution in [1.29, 1.82) is 0 Å². The van der Waals surface area contributed by atoms with Crippen LogP contribution in [0.15, 0.2) is 12.1 Å². The predicted molar refractivity (Wildman–Crippen MR) is 70.1 cm³/mol. The summed E-state index contributed by atoms with van der Waals surface area (Å²) in [5.41, 5.74) is 1.02. The molecule has 1 aromatic heterocycles. The number of amides is 1. The van der Waals surface area contributed by atoms with Crippen molar-refractivity contribution < 1.29 is 9.72 Å². The van der Waals surface area contributed by atoms with E-state index >= 15 is 0 Å². The third-order valence-electron chi connectivity index (χ3n) is 3.04. The van der Waals surface area contributed by atoms with Crippen LogP contribution in [0.5, 0.6) is 0 Å². The fraction of sp³-hybridized carbons (Fsp3) is 0.333. The fourth-order valence-electron chi connectivity index (χ4n) is 1.91. The summed E-state index contributed by atoms with van der Waals surface area (Å²) >= 11 is 0. The Hall–Kier alpha value is -2.44. The molecule has 100 valence electrons. The Bertz CT molecular complexity index is 688. The fourth-order valence-corrected chi connectivity index (χ4v) is 1.91. The van der Waals surface area contributed by atoms with Gasteiger partial charge in [-0.1, -0.05) is 0 Å². The average Bonchev–Trinajstić information content (AvgIpc) is 2.63. The van der Waals surface area contributed by atoms with Gasteiger partial charge in [0.05, 0.1) is 10.4 Å². The maximum Gasteiger partial charge on any atom is 0.297 e. The van der Waals surface area contributed by atoms with Gasteiger partial charge in [-0.25, -0.2) is 4.98 Å². The molecule has 0 bridgehead atoms. The lowest BCUT2D eigenvalue weighted by Gasteiger charge is -2.10. The lowest BCUT2D eigenvalue weighted by atomic mass is 10.1.